The van der Waals surface area contributed by atoms with Crippen LogP contribution in [0.25, 0.3) is 55.6 Å². The van der Waals surface area contributed by atoms with Crippen LogP contribution in [0.5, 0.6) is 0 Å². The lowest BCUT2D eigenvalue weighted by atomic mass is 9.96. The van der Waals surface area contributed by atoms with Crippen molar-refractivity contribution in [3.05, 3.63) is 182 Å². The summed E-state index contributed by atoms with van der Waals surface area (Å²) < 4.78 is 0. The summed E-state index contributed by atoms with van der Waals surface area (Å²) in [4.78, 5) is 0. The Morgan fingerprint density at radius 1 is 0.200 bits per heavy atom. The minimum Gasteiger partial charge on any atom is -0.0623 e. The Balaban J connectivity index is 1.09. The molecule has 0 unspecified atom stereocenters. The van der Waals surface area contributed by atoms with Gasteiger partial charge in [0.15, 0.2) is 16.1 Å². The molecular formula is C48H30Si2. The quantitative estimate of drug-likeness (QED) is 0.189. The third-order valence-electron chi connectivity index (χ3n) is 12.3. The molecule has 8 aromatic rings. The maximum Gasteiger partial charge on any atom is 0.182 e. The molecule has 0 saturated carbocycles. The maximum atomic E-state index is 2.51. The topological polar surface area (TPSA) is 0 Å². The van der Waals surface area contributed by atoms with Crippen molar-refractivity contribution < 1.29 is 0 Å². The molecule has 0 N–H and O–H groups in total. The summed E-state index contributed by atoms with van der Waals surface area (Å²) in [5.41, 5.74) is 13.8. The summed E-state index contributed by atoms with van der Waals surface area (Å²) in [7, 11) is -4.85. The Morgan fingerprint density at radius 2 is 0.420 bits per heavy atom. The van der Waals surface area contributed by atoms with Crippen molar-refractivity contribution >= 4 is 57.6 Å². The fraction of sp³-hybridized carbons (Fsp3) is 0. The van der Waals surface area contributed by atoms with E-state index in [0.29, 0.717) is 0 Å². The highest BCUT2D eigenvalue weighted by molar-refractivity contribution is 7.25. The van der Waals surface area contributed by atoms with Gasteiger partial charge in [0.05, 0.1) is 0 Å². The molecule has 12 rings (SSSR count). The predicted molar refractivity (Wildman–Crippen MR) is 215 cm³/mol. The average Bonchev–Trinajstić information content (AvgIpc) is 3.86. The Labute approximate surface area is 294 Å². The van der Waals surface area contributed by atoms with Crippen LogP contribution in [0, 0.1) is 0 Å². The second kappa shape index (κ2) is 9.45. The van der Waals surface area contributed by atoms with E-state index in [-0.39, 0.29) is 0 Å². The van der Waals surface area contributed by atoms with Gasteiger partial charge in [-0.25, -0.2) is 0 Å². The van der Waals surface area contributed by atoms with E-state index in [9.17, 15) is 0 Å². The third-order valence-corrected chi connectivity index (χ3v) is 22.3. The second-order valence-corrected chi connectivity index (χ2v) is 21.6. The van der Waals surface area contributed by atoms with E-state index in [1.54, 1.807) is 0 Å². The van der Waals surface area contributed by atoms with Crippen molar-refractivity contribution in [2.45, 2.75) is 0 Å². The molecule has 0 aliphatic carbocycles. The molecule has 0 radical (unpaired) electrons. The van der Waals surface area contributed by atoms with E-state index < -0.39 is 16.1 Å². The molecule has 50 heavy (non-hydrogen) atoms. The molecule has 0 bridgehead atoms. The SMILES string of the molecule is c1ccc2c(c1)-c1ccccc1[Si]21c2ccccc2-c2cc(-c3ccc4c(c3)-c3ccccc3[Si]43c4ccccc4-c4ccccc43)ccc21. The van der Waals surface area contributed by atoms with Crippen molar-refractivity contribution in [2.75, 3.05) is 0 Å². The minimum absolute atomic E-state index is 1.29. The van der Waals surface area contributed by atoms with Crippen LogP contribution in [-0.4, -0.2) is 16.1 Å². The average molecular weight is 663 g/mol. The molecule has 230 valence electrons. The van der Waals surface area contributed by atoms with Gasteiger partial charge in [-0.3, -0.25) is 0 Å². The van der Waals surface area contributed by atoms with E-state index in [0.717, 1.165) is 0 Å². The van der Waals surface area contributed by atoms with Crippen LogP contribution in [0.1, 0.15) is 0 Å². The number of hydrogen-bond acceptors (Lipinski definition) is 0. The Hall–Kier alpha value is -5.81. The van der Waals surface area contributed by atoms with Crippen LogP contribution in [0.3, 0.4) is 0 Å². The lowest BCUT2D eigenvalue weighted by Gasteiger charge is -2.28. The van der Waals surface area contributed by atoms with Crippen molar-refractivity contribution in [1.29, 1.82) is 0 Å². The fourth-order valence-corrected chi connectivity index (χ4v) is 21.7. The molecule has 4 aliphatic heterocycles. The number of rotatable bonds is 1. The van der Waals surface area contributed by atoms with Crippen LogP contribution in [0.4, 0.5) is 0 Å². The van der Waals surface area contributed by atoms with Crippen LogP contribution >= 0.6 is 0 Å². The standard InChI is InChI=1S/C48H30Si2/c1-7-19-41-33(13-1)34-14-2-8-20-42(34)49(41)45-23-11-5-17-37(45)39-29-31(25-27-47(39)49)32-26-28-48-40(30-32)38-18-6-12-24-46(38)50(48)43-21-9-3-15-35(43)36-16-4-10-22-44(36)50/h1-30H. The maximum absolute atomic E-state index is 2.51. The number of benzene rings is 8. The van der Waals surface area contributed by atoms with Gasteiger partial charge in [-0.2, -0.15) is 0 Å². The van der Waals surface area contributed by atoms with E-state index in [2.05, 4.69) is 182 Å². The molecule has 4 aliphatic rings. The van der Waals surface area contributed by atoms with E-state index >= 15 is 0 Å². The highest BCUT2D eigenvalue weighted by atomic mass is 28.3. The van der Waals surface area contributed by atoms with Crippen molar-refractivity contribution in [3.8, 4) is 55.6 Å². The molecular weight excluding hydrogens is 633 g/mol. The van der Waals surface area contributed by atoms with Gasteiger partial charge in [-0.05, 0) is 109 Å². The molecule has 0 nitrogen and oxygen atoms in total. The summed E-state index contributed by atoms with van der Waals surface area (Å²) in [6.45, 7) is 0. The third kappa shape index (κ3) is 3.01. The first-order chi connectivity index (χ1) is 24.8. The van der Waals surface area contributed by atoms with Gasteiger partial charge in [0.1, 0.15) is 0 Å². The lowest BCUT2D eigenvalue weighted by Crippen LogP contribution is -2.70. The molecule has 0 saturated heterocycles. The minimum atomic E-state index is -2.42. The van der Waals surface area contributed by atoms with Gasteiger partial charge < -0.3 is 0 Å². The van der Waals surface area contributed by atoms with Crippen molar-refractivity contribution in [2.24, 2.45) is 0 Å². The Morgan fingerprint density at radius 3 is 0.700 bits per heavy atom. The summed E-state index contributed by atoms with van der Waals surface area (Å²) in [5.74, 6) is 0. The van der Waals surface area contributed by atoms with E-state index in [1.807, 2.05) is 0 Å². The summed E-state index contributed by atoms with van der Waals surface area (Å²) in [6, 6.07) is 70.2. The lowest BCUT2D eigenvalue weighted by molar-refractivity contribution is 1.64. The van der Waals surface area contributed by atoms with E-state index in [4.69, 9.17) is 0 Å². The largest absolute Gasteiger partial charge is 0.182 e. The summed E-state index contributed by atoms with van der Waals surface area (Å²) >= 11 is 0. The van der Waals surface area contributed by atoms with Gasteiger partial charge in [0, 0.05) is 0 Å². The number of fused-ring (bicyclic) bond motifs is 20. The molecule has 0 fully saturated rings. The fourth-order valence-electron chi connectivity index (χ4n) is 10.6. The van der Waals surface area contributed by atoms with Crippen LogP contribution < -0.4 is 41.5 Å². The molecule has 8 aromatic carbocycles. The van der Waals surface area contributed by atoms with Gasteiger partial charge in [0.2, 0.25) is 0 Å². The van der Waals surface area contributed by atoms with Crippen LogP contribution in [-0.2, 0) is 0 Å². The first-order valence-corrected chi connectivity index (χ1v) is 21.7. The van der Waals surface area contributed by atoms with Gasteiger partial charge in [0.25, 0.3) is 0 Å². The smallest absolute Gasteiger partial charge is 0.0623 e. The summed E-state index contributed by atoms with van der Waals surface area (Å²) in [6.07, 6.45) is 0. The molecule has 0 atom stereocenters. The normalized spacial score (nSPS) is 15.1. The Bertz CT molecular complexity index is 2510. The zero-order valence-corrected chi connectivity index (χ0v) is 29.3. The molecule has 0 aromatic heterocycles. The van der Waals surface area contributed by atoms with Gasteiger partial charge in [-0.15, -0.1) is 0 Å². The molecule has 0 amide bonds. The Kier molecular flexibility index (Phi) is 5.12. The first kappa shape index (κ1) is 27.1. The van der Waals surface area contributed by atoms with E-state index in [1.165, 1.54) is 97.1 Å². The van der Waals surface area contributed by atoms with Crippen LogP contribution in [0.15, 0.2) is 182 Å². The predicted octanol–water partition coefficient (Wildman–Crippen LogP) is 6.03. The monoisotopic (exact) mass is 662 g/mol. The summed E-state index contributed by atoms with van der Waals surface area (Å²) in [5, 5.41) is 12.2. The first-order valence-electron chi connectivity index (χ1n) is 17.7. The van der Waals surface area contributed by atoms with Crippen molar-refractivity contribution in [1.82, 2.24) is 0 Å². The highest BCUT2D eigenvalue weighted by Gasteiger charge is 2.55. The molecule has 2 heteroatoms. The molecule has 4 heterocycles. The molecule has 2 spiro atoms. The van der Waals surface area contributed by atoms with Gasteiger partial charge >= 0.3 is 0 Å². The highest BCUT2D eigenvalue weighted by Crippen LogP contribution is 2.40. The number of hydrogen-bond donors (Lipinski definition) is 0. The zero-order chi connectivity index (χ0) is 32.6. The second-order valence-electron chi connectivity index (χ2n) is 14.3. The van der Waals surface area contributed by atoms with Crippen LogP contribution in [0.2, 0.25) is 0 Å². The van der Waals surface area contributed by atoms with Gasteiger partial charge in [-0.1, -0.05) is 170 Å². The van der Waals surface area contributed by atoms with Crippen molar-refractivity contribution in [3.63, 3.8) is 0 Å². The zero-order valence-electron chi connectivity index (χ0n) is 27.3.